The van der Waals surface area contributed by atoms with Crippen LogP contribution in [0, 0.1) is 12.8 Å². The minimum Gasteiger partial charge on any atom is -0.341 e. The first-order valence-corrected chi connectivity index (χ1v) is 14.1. The van der Waals surface area contributed by atoms with Crippen molar-refractivity contribution in [2.45, 2.75) is 46.6 Å². The number of fused-ring (bicyclic) bond motifs is 1. The van der Waals surface area contributed by atoms with Crippen molar-refractivity contribution in [2.75, 3.05) is 19.3 Å². The highest BCUT2D eigenvalue weighted by Gasteiger charge is 2.25. The number of imidazole rings is 1. The highest BCUT2D eigenvalue weighted by atomic mass is 35.5. The number of H-pyrrole nitrogens is 1. The van der Waals surface area contributed by atoms with Gasteiger partial charge in [-0.05, 0) is 73.4 Å². The molecule has 1 aromatic heterocycles. The number of hydrogen-bond donors (Lipinski definition) is 2. The van der Waals surface area contributed by atoms with Crippen LogP contribution in [0.1, 0.15) is 71.8 Å². The zero-order chi connectivity index (χ0) is 26.2. The van der Waals surface area contributed by atoms with E-state index in [1.165, 1.54) is 0 Å². The number of carbonyl (C=O) groups is 2. The third kappa shape index (κ3) is 6.51. The lowest BCUT2D eigenvalue weighted by molar-refractivity contribution is 0.0791. The van der Waals surface area contributed by atoms with Crippen LogP contribution in [0.4, 0.5) is 0 Å². The smallest absolute Gasteiger partial charge is 0.254 e. The molecule has 4 rings (SSSR count). The molecule has 0 saturated carbocycles. The van der Waals surface area contributed by atoms with Crippen molar-refractivity contribution >= 4 is 46.2 Å². The number of aromatic amines is 1. The van der Waals surface area contributed by atoms with E-state index in [0.717, 1.165) is 42.5 Å². The largest absolute Gasteiger partial charge is 0.341 e. The molecule has 1 aliphatic heterocycles. The molecule has 0 spiro atoms. The van der Waals surface area contributed by atoms with Crippen molar-refractivity contribution in [3.8, 4) is 0 Å². The summed E-state index contributed by atoms with van der Waals surface area (Å²) in [6.07, 6.45) is 6.14. The molecule has 1 fully saturated rings. The van der Waals surface area contributed by atoms with Gasteiger partial charge in [0, 0.05) is 35.2 Å². The number of amides is 2. The molecule has 2 amide bonds. The molecule has 2 atom stereocenters. The predicted molar refractivity (Wildman–Crippen MR) is 151 cm³/mol. The number of halogens is 1. The molecule has 8 heteroatoms. The molecule has 6 nitrogen and oxygen atoms in total. The molecule has 3 aromatic rings. The number of benzene rings is 2. The molecule has 36 heavy (non-hydrogen) atoms. The predicted octanol–water partition coefficient (Wildman–Crippen LogP) is 6.77. The van der Waals surface area contributed by atoms with Crippen molar-refractivity contribution in [1.29, 1.82) is 0 Å². The molecule has 0 aliphatic carbocycles. The van der Waals surface area contributed by atoms with E-state index in [2.05, 4.69) is 16.4 Å². The van der Waals surface area contributed by atoms with Gasteiger partial charge < -0.3 is 15.2 Å². The maximum Gasteiger partial charge on any atom is 0.254 e. The highest BCUT2D eigenvalue weighted by Crippen LogP contribution is 2.26. The Morgan fingerprint density at radius 3 is 2.56 bits per heavy atom. The zero-order valence-corrected chi connectivity index (χ0v) is 23.2. The SMILES string of the molecule is CC.CS/C=C\C(C)C(NC(=O)c1ccc(C(=O)N2CCCC2)c(C)c1)c1nc2ccc(Cl)cc2[nH]1. The van der Waals surface area contributed by atoms with Crippen LogP contribution in [0.15, 0.2) is 47.9 Å². The summed E-state index contributed by atoms with van der Waals surface area (Å²) in [4.78, 5) is 36.0. The Balaban J connectivity index is 0.00000176. The topological polar surface area (TPSA) is 78.1 Å². The van der Waals surface area contributed by atoms with Gasteiger partial charge in [0.05, 0.1) is 17.1 Å². The molecular formula is C28H35ClN4O2S. The summed E-state index contributed by atoms with van der Waals surface area (Å²) >= 11 is 7.74. The van der Waals surface area contributed by atoms with Gasteiger partial charge in [0.25, 0.3) is 11.8 Å². The number of carbonyl (C=O) groups excluding carboxylic acids is 2. The van der Waals surface area contributed by atoms with Crippen molar-refractivity contribution in [3.05, 3.63) is 75.4 Å². The third-order valence-electron chi connectivity index (χ3n) is 6.20. The summed E-state index contributed by atoms with van der Waals surface area (Å²) in [5.74, 6) is 0.485. The van der Waals surface area contributed by atoms with E-state index in [0.29, 0.717) is 22.0 Å². The highest BCUT2D eigenvalue weighted by molar-refractivity contribution is 8.01. The second kappa shape index (κ2) is 13.0. The number of nitrogens with zero attached hydrogens (tertiary/aromatic N) is 2. The van der Waals surface area contributed by atoms with Gasteiger partial charge in [0.2, 0.25) is 0 Å². The zero-order valence-electron chi connectivity index (χ0n) is 21.6. The summed E-state index contributed by atoms with van der Waals surface area (Å²) in [5.41, 5.74) is 3.58. The third-order valence-corrected chi connectivity index (χ3v) is 6.86. The fourth-order valence-electron chi connectivity index (χ4n) is 4.27. The standard InChI is InChI=1S/C26H29ClN4O2S.C2H6/c1-16(10-13-34-3)23(24-28-21-9-7-19(27)15-22(21)29-24)30-25(32)18-6-8-20(17(2)14-18)26(33)31-11-4-5-12-31;1-2/h6-10,13-16,23H,4-5,11-12H2,1-3H3,(H,28,29)(H,30,32);1-2H3/b13-10-;. The quantitative estimate of drug-likeness (QED) is 0.356. The van der Waals surface area contributed by atoms with Crippen LogP contribution in [0.3, 0.4) is 0 Å². The van der Waals surface area contributed by atoms with Gasteiger partial charge >= 0.3 is 0 Å². The summed E-state index contributed by atoms with van der Waals surface area (Å²) in [6.45, 7) is 9.52. The summed E-state index contributed by atoms with van der Waals surface area (Å²) in [7, 11) is 0. The molecule has 2 N–H and O–H groups in total. The van der Waals surface area contributed by atoms with Gasteiger partial charge in [-0.25, -0.2) is 4.98 Å². The van der Waals surface area contributed by atoms with Crippen molar-refractivity contribution < 1.29 is 9.59 Å². The fourth-order valence-corrected chi connectivity index (χ4v) is 4.85. The van der Waals surface area contributed by atoms with E-state index in [1.54, 1.807) is 36.0 Å². The summed E-state index contributed by atoms with van der Waals surface area (Å²) < 4.78 is 0. The molecule has 1 aliphatic rings. The number of thioether (sulfide) groups is 1. The number of nitrogens with one attached hydrogen (secondary N) is 2. The lowest BCUT2D eigenvalue weighted by atomic mass is 9.99. The summed E-state index contributed by atoms with van der Waals surface area (Å²) in [5, 5.41) is 5.77. The first-order valence-electron chi connectivity index (χ1n) is 12.4. The van der Waals surface area contributed by atoms with Crippen LogP contribution in [0.5, 0.6) is 0 Å². The minimum absolute atomic E-state index is 0.00968. The fraction of sp³-hybridized carbons (Fsp3) is 0.393. The number of hydrogen-bond acceptors (Lipinski definition) is 4. The van der Waals surface area contributed by atoms with Crippen LogP contribution < -0.4 is 5.32 Å². The Hall–Kier alpha value is -2.77. The van der Waals surface area contributed by atoms with Crippen LogP contribution >= 0.6 is 23.4 Å². The second-order valence-corrected chi connectivity index (χ2v) is 9.87. The first kappa shape index (κ1) is 27.8. The Morgan fingerprint density at radius 1 is 1.17 bits per heavy atom. The second-order valence-electron chi connectivity index (χ2n) is 8.69. The molecule has 2 aromatic carbocycles. The molecule has 2 heterocycles. The first-order chi connectivity index (χ1) is 17.4. The van der Waals surface area contributed by atoms with E-state index in [4.69, 9.17) is 16.6 Å². The van der Waals surface area contributed by atoms with Gasteiger partial charge in [0.15, 0.2) is 0 Å². The van der Waals surface area contributed by atoms with Crippen LogP contribution in [0.2, 0.25) is 5.02 Å². The van der Waals surface area contributed by atoms with Crippen LogP contribution in [-0.4, -0.2) is 46.0 Å². The van der Waals surface area contributed by atoms with E-state index < -0.39 is 0 Å². The Bertz CT molecular complexity index is 1230. The normalized spacial score (nSPS) is 15.0. The number of aryl methyl sites for hydroxylation is 1. The van der Waals surface area contributed by atoms with E-state index in [9.17, 15) is 9.59 Å². The van der Waals surface area contributed by atoms with Crippen molar-refractivity contribution in [1.82, 2.24) is 20.2 Å². The van der Waals surface area contributed by atoms with Crippen LogP contribution in [0.25, 0.3) is 11.0 Å². The van der Waals surface area contributed by atoms with Gasteiger partial charge in [-0.1, -0.05) is 38.4 Å². The van der Waals surface area contributed by atoms with Crippen molar-refractivity contribution in [2.24, 2.45) is 5.92 Å². The van der Waals surface area contributed by atoms with Gasteiger partial charge in [0.1, 0.15) is 5.82 Å². The monoisotopic (exact) mass is 526 g/mol. The number of likely N-dealkylation sites (tertiary alicyclic amines) is 1. The van der Waals surface area contributed by atoms with Crippen molar-refractivity contribution in [3.63, 3.8) is 0 Å². The maximum atomic E-state index is 13.3. The molecule has 2 unspecified atom stereocenters. The lowest BCUT2D eigenvalue weighted by Crippen LogP contribution is -2.33. The summed E-state index contributed by atoms with van der Waals surface area (Å²) in [6, 6.07) is 10.4. The number of rotatable bonds is 7. The Kier molecular flexibility index (Phi) is 10.0. The maximum absolute atomic E-state index is 13.3. The number of aromatic nitrogens is 2. The van der Waals surface area contributed by atoms with Gasteiger partial charge in [-0.3, -0.25) is 9.59 Å². The molecule has 0 bridgehead atoms. The van der Waals surface area contributed by atoms with E-state index in [-0.39, 0.29) is 23.8 Å². The Morgan fingerprint density at radius 2 is 1.89 bits per heavy atom. The van der Waals surface area contributed by atoms with Gasteiger partial charge in [-0.15, -0.1) is 11.8 Å². The minimum atomic E-state index is -0.367. The van der Waals surface area contributed by atoms with E-state index in [1.807, 2.05) is 56.4 Å². The molecule has 192 valence electrons. The average molecular weight is 527 g/mol. The molecular weight excluding hydrogens is 492 g/mol. The lowest BCUT2D eigenvalue weighted by Gasteiger charge is -2.22. The van der Waals surface area contributed by atoms with Gasteiger partial charge in [-0.2, -0.15) is 0 Å². The average Bonchev–Trinajstić information content (AvgIpc) is 3.56. The molecule has 1 saturated heterocycles. The molecule has 0 radical (unpaired) electrons. The van der Waals surface area contributed by atoms with E-state index >= 15 is 0 Å². The Labute approximate surface area is 222 Å². The van der Waals surface area contributed by atoms with Crippen LogP contribution in [-0.2, 0) is 0 Å².